The number of aryl methyl sites for hydroxylation is 2. The molecular formula is C15H18BrN3O. The van der Waals surface area contributed by atoms with Crippen LogP contribution < -0.4 is 5.32 Å². The highest BCUT2D eigenvalue weighted by molar-refractivity contribution is 9.09. The maximum absolute atomic E-state index is 12.5. The molecule has 4 nitrogen and oxygen atoms in total. The highest BCUT2D eigenvalue weighted by Crippen LogP contribution is 2.29. The van der Waals surface area contributed by atoms with Crippen molar-refractivity contribution in [1.82, 2.24) is 9.78 Å². The molecule has 0 aliphatic heterocycles. The molecule has 0 saturated carbocycles. The van der Waals surface area contributed by atoms with E-state index in [-0.39, 0.29) is 10.7 Å². The van der Waals surface area contributed by atoms with E-state index in [0.29, 0.717) is 5.56 Å². The summed E-state index contributed by atoms with van der Waals surface area (Å²) in [4.78, 5) is 12.6. The van der Waals surface area contributed by atoms with Crippen molar-refractivity contribution in [3.63, 3.8) is 0 Å². The third kappa shape index (κ3) is 2.77. The Hall–Kier alpha value is -1.62. The number of nitrogens with one attached hydrogen (secondary N) is 1. The number of hydrogen-bond acceptors (Lipinski definition) is 2. The second kappa shape index (κ2) is 5.79. The zero-order valence-electron chi connectivity index (χ0n) is 12.1. The van der Waals surface area contributed by atoms with Crippen LogP contribution in [0.3, 0.4) is 0 Å². The van der Waals surface area contributed by atoms with Crippen LogP contribution in [0.4, 0.5) is 5.69 Å². The van der Waals surface area contributed by atoms with Gasteiger partial charge >= 0.3 is 0 Å². The van der Waals surface area contributed by atoms with Crippen molar-refractivity contribution >= 4 is 27.5 Å². The third-order valence-corrected chi connectivity index (χ3v) is 3.87. The van der Waals surface area contributed by atoms with Gasteiger partial charge in [-0.2, -0.15) is 5.10 Å². The van der Waals surface area contributed by atoms with E-state index in [1.165, 1.54) is 0 Å². The van der Waals surface area contributed by atoms with E-state index < -0.39 is 0 Å². The lowest BCUT2D eigenvalue weighted by Gasteiger charge is -2.12. The molecule has 1 heterocycles. The number of halogens is 1. The van der Waals surface area contributed by atoms with Crippen molar-refractivity contribution in [3.8, 4) is 0 Å². The molecule has 2 aromatic rings. The van der Waals surface area contributed by atoms with E-state index in [1.54, 1.807) is 4.68 Å². The quantitative estimate of drug-likeness (QED) is 0.868. The van der Waals surface area contributed by atoms with E-state index in [9.17, 15) is 4.79 Å². The number of rotatable bonds is 3. The zero-order valence-corrected chi connectivity index (χ0v) is 13.7. The number of carbonyl (C=O) groups excluding carboxylic acids is 1. The second-order valence-corrected chi connectivity index (χ2v) is 6.20. The minimum Gasteiger partial charge on any atom is -0.322 e. The van der Waals surface area contributed by atoms with Gasteiger partial charge in [-0.25, -0.2) is 0 Å². The largest absolute Gasteiger partial charge is 0.322 e. The van der Waals surface area contributed by atoms with Crippen molar-refractivity contribution < 1.29 is 4.79 Å². The SMILES string of the molecule is Cc1nn(C)c(C)c1C(=O)Nc1ccccc1C(C)Br. The number of alkyl halides is 1. The molecule has 5 heteroatoms. The van der Waals surface area contributed by atoms with Crippen LogP contribution in [0.1, 0.15) is 39.1 Å². The van der Waals surface area contributed by atoms with Gasteiger partial charge in [0, 0.05) is 23.3 Å². The number of para-hydroxylation sites is 1. The lowest BCUT2D eigenvalue weighted by Crippen LogP contribution is -2.15. The molecule has 20 heavy (non-hydrogen) atoms. The molecule has 0 radical (unpaired) electrons. The lowest BCUT2D eigenvalue weighted by atomic mass is 10.1. The topological polar surface area (TPSA) is 46.9 Å². The number of hydrogen-bond donors (Lipinski definition) is 1. The number of carbonyl (C=O) groups is 1. The van der Waals surface area contributed by atoms with E-state index in [2.05, 4.69) is 26.3 Å². The van der Waals surface area contributed by atoms with Gasteiger partial charge in [0.1, 0.15) is 0 Å². The predicted octanol–water partition coefficient (Wildman–Crippen LogP) is 3.75. The molecule has 1 amide bonds. The summed E-state index contributed by atoms with van der Waals surface area (Å²) in [5, 5.41) is 7.26. The highest BCUT2D eigenvalue weighted by atomic mass is 79.9. The van der Waals surface area contributed by atoms with Crippen LogP contribution in [0.15, 0.2) is 24.3 Å². The number of amides is 1. The Labute approximate surface area is 127 Å². The maximum atomic E-state index is 12.5. The minimum atomic E-state index is -0.117. The molecule has 106 valence electrons. The number of benzene rings is 1. The van der Waals surface area contributed by atoms with Gasteiger partial charge in [0.2, 0.25) is 0 Å². The Morgan fingerprint density at radius 2 is 2.00 bits per heavy atom. The molecule has 1 atom stereocenters. The summed E-state index contributed by atoms with van der Waals surface area (Å²) >= 11 is 3.54. The standard InChI is InChI=1S/C15H18BrN3O/c1-9(16)12-7-5-6-8-13(12)17-15(20)14-10(2)18-19(4)11(14)3/h5-9H,1-4H3,(H,17,20). The van der Waals surface area contributed by atoms with E-state index in [1.807, 2.05) is 52.1 Å². The predicted molar refractivity (Wildman–Crippen MR) is 84.4 cm³/mol. The van der Waals surface area contributed by atoms with E-state index in [0.717, 1.165) is 22.6 Å². The molecular weight excluding hydrogens is 318 g/mol. The summed E-state index contributed by atoms with van der Waals surface area (Å²) < 4.78 is 1.73. The average Bonchev–Trinajstić information content (AvgIpc) is 2.63. The van der Waals surface area contributed by atoms with Crippen molar-refractivity contribution in [2.75, 3.05) is 5.32 Å². The van der Waals surface area contributed by atoms with Crippen molar-refractivity contribution in [1.29, 1.82) is 0 Å². The molecule has 0 bridgehead atoms. The van der Waals surface area contributed by atoms with Crippen LogP contribution in [0, 0.1) is 13.8 Å². The number of nitrogens with zero attached hydrogens (tertiary/aromatic N) is 2. The Kier molecular flexibility index (Phi) is 4.28. The first-order valence-electron chi connectivity index (χ1n) is 6.46. The van der Waals surface area contributed by atoms with Crippen LogP contribution in [-0.2, 0) is 7.05 Å². The Morgan fingerprint density at radius 1 is 1.35 bits per heavy atom. The molecule has 0 fully saturated rings. The molecule has 0 aliphatic carbocycles. The van der Waals surface area contributed by atoms with Crippen LogP contribution in [0.5, 0.6) is 0 Å². The van der Waals surface area contributed by atoms with Gasteiger partial charge in [0.15, 0.2) is 0 Å². The maximum Gasteiger partial charge on any atom is 0.259 e. The lowest BCUT2D eigenvalue weighted by molar-refractivity contribution is 0.102. The molecule has 1 aromatic carbocycles. The number of anilines is 1. The molecule has 1 unspecified atom stereocenters. The minimum absolute atomic E-state index is 0.117. The van der Waals surface area contributed by atoms with Gasteiger partial charge < -0.3 is 5.32 Å². The first-order valence-corrected chi connectivity index (χ1v) is 7.38. The van der Waals surface area contributed by atoms with Crippen molar-refractivity contribution in [3.05, 3.63) is 46.8 Å². The summed E-state index contributed by atoms with van der Waals surface area (Å²) in [6, 6.07) is 7.78. The summed E-state index contributed by atoms with van der Waals surface area (Å²) in [6.07, 6.45) is 0. The van der Waals surface area contributed by atoms with Crippen LogP contribution >= 0.6 is 15.9 Å². The first-order chi connectivity index (χ1) is 9.41. The average molecular weight is 336 g/mol. The van der Waals surface area contributed by atoms with Gasteiger partial charge in [-0.05, 0) is 32.4 Å². The molecule has 1 N–H and O–H groups in total. The zero-order chi connectivity index (χ0) is 14.9. The van der Waals surface area contributed by atoms with Crippen LogP contribution in [0.25, 0.3) is 0 Å². The van der Waals surface area contributed by atoms with Crippen molar-refractivity contribution in [2.45, 2.75) is 25.6 Å². The molecule has 0 saturated heterocycles. The Morgan fingerprint density at radius 3 is 2.55 bits per heavy atom. The molecule has 0 spiro atoms. The van der Waals surface area contributed by atoms with Gasteiger partial charge in [0.05, 0.1) is 11.3 Å². The van der Waals surface area contributed by atoms with E-state index >= 15 is 0 Å². The normalized spacial score (nSPS) is 12.2. The first kappa shape index (κ1) is 14.8. The van der Waals surface area contributed by atoms with Crippen molar-refractivity contribution in [2.24, 2.45) is 7.05 Å². The van der Waals surface area contributed by atoms with E-state index in [4.69, 9.17) is 0 Å². The molecule has 1 aromatic heterocycles. The summed E-state index contributed by atoms with van der Waals surface area (Å²) in [5.41, 5.74) is 4.13. The number of aromatic nitrogens is 2. The highest BCUT2D eigenvalue weighted by Gasteiger charge is 2.18. The van der Waals surface area contributed by atoms with Crippen LogP contribution in [0.2, 0.25) is 0 Å². The van der Waals surface area contributed by atoms with Gasteiger partial charge in [-0.3, -0.25) is 9.48 Å². The fourth-order valence-electron chi connectivity index (χ4n) is 2.24. The van der Waals surface area contributed by atoms with Gasteiger partial charge in [-0.1, -0.05) is 34.1 Å². The van der Waals surface area contributed by atoms with Crippen LogP contribution in [-0.4, -0.2) is 15.7 Å². The monoisotopic (exact) mass is 335 g/mol. The molecule has 2 rings (SSSR count). The summed E-state index contributed by atoms with van der Waals surface area (Å²) in [5.74, 6) is -0.117. The smallest absolute Gasteiger partial charge is 0.259 e. The molecule has 0 aliphatic rings. The fourth-order valence-corrected chi connectivity index (χ4v) is 2.64. The summed E-state index contributed by atoms with van der Waals surface area (Å²) in [6.45, 7) is 5.78. The third-order valence-electron chi connectivity index (χ3n) is 3.37. The summed E-state index contributed by atoms with van der Waals surface area (Å²) in [7, 11) is 1.84. The van der Waals surface area contributed by atoms with Gasteiger partial charge in [-0.15, -0.1) is 0 Å². The van der Waals surface area contributed by atoms with Gasteiger partial charge in [0.25, 0.3) is 5.91 Å². The Bertz CT molecular complexity index is 647. The Balaban J connectivity index is 2.33. The fraction of sp³-hybridized carbons (Fsp3) is 0.333. The second-order valence-electron chi connectivity index (χ2n) is 4.83.